The molecule has 0 bridgehead atoms. The smallest absolute Gasteiger partial charge is 0.207 e. The summed E-state index contributed by atoms with van der Waals surface area (Å²) in [6, 6.07) is 3.82. The van der Waals surface area contributed by atoms with E-state index in [1.807, 2.05) is 16.8 Å². The van der Waals surface area contributed by atoms with Crippen molar-refractivity contribution in [1.29, 1.82) is 0 Å². The van der Waals surface area contributed by atoms with Crippen molar-refractivity contribution in [2.45, 2.75) is 36.2 Å². The average Bonchev–Trinajstić information content (AvgIpc) is 2.96. The topological polar surface area (TPSA) is 37.4 Å². The molecule has 2 aromatic heterocycles. The highest BCUT2D eigenvalue weighted by molar-refractivity contribution is 7.89. The molecule has 1 fully saturated rings. The van der Waals surface area contributed by atoms with Gasteiger partial charge >= 0.3 is 0 Å². The van der Waals surface area contributed by atoms with Gasteiger partial charge in [0.05, 0.1) is 10.8 Å². The molecule has 2 heterocycles. The summed E-state index contributed by atoms with van der Waals surface area (Å²) in [5.41, 5.74) is 1.05. The molecular formula is C13H14ClNO2S3. The Bertz CT molecular complexity index is 674. The van der Waals surface area contributed by atoms with E-state index in [4.69, 9.17) is 11.6 Å². The lowest BCUT2D eigenvalue weighted by Crippen LogP contribution is -2.32. The number of alkyl halides is 1. The monoisotopic (exact) mass is 347 g/mol. The summed E-state index contributed by atoms with van der Waals surface area (Å²) in [6.45, 7) is 0.461. The first-order valence-corrected chi connectivity index (χ1v) is 10.1. The zero-order valence-corrected chi connectivity index (χ0v) is 13.9. The summed E-state index contributed by atoms with van der Waals surface area (Å²) < 4.78 is 27.2. The summed E-state index contributed by atoms with van der Waals surface area (Å²) >= 11 is 8.75. The van der Waals surface area contributed by atoms with Gasteiger partial charge < -0.3 is 0 Å². The highest BCUT2D eigenvalue weighted by Crippen LogP contribution is 2.35. The number of hydrogen-bond donors (Lipinski definition) is 0. The second-order valence-electron chi connectivity index (χ2n) is 4.80. The summed E-state index contributed by atoms with van der Waals surface area (Å²) in [4.78, 5) is 1.26. The number of halogens is 1. The molecule has 1 aliphatic rings. The van der Waals surface area contributed by atoms with Crippen molar-refractivity contribution in [2.75, 3.05) is 0 Å². The van der Waals surface area contributed by atoms with Crippen LogP contribution in [0.25, 0.3) is 0 Å². The van der Waals surface area contributed by atoms with Gasteiger partial charge in [0.15, 0.2) is 0 Å². The molecule has 20 heavy (non-hydrogen) atoms. The second kappa shape index (κ2) is 5.77. The van der Waals surface area contributed by atoms with Crippen LogP contribution in [0.2, 0.25) is 0 Å². The molecule has 0 spiro atoms. The quantitative estimate of drug-likeness (QED) is 0.743. The van der Waals surface area contributed by atoms with Gasteiger partial charge in [0.1, 0.15) is 0 Å². The van der Waals surface area contributed by atoms with Crippen LogP contribution in [-0.2, 0) is 22.4 Å². The van der Waals surface area contributed by atoms with E-state index in [1.54, 1.807) is 27.1 Å². The minimum absolute atomic E-state index is 0.152. The van der Waals surface area contributed by atoms with Crippen LogP contribution < -0.4 is 0 Å². The van der Waals surface area contributed by atoms with E-state index in [-0.39, 0.29) is 6.04 Å². The van der Waals surface area contributed by atoms with Crippen LogP contribution >= 0.6 is 34.3 Å². The number of sulfonamides is 1. The van der Waals surface area contributed by atoms with Crippen molar-refractivity contribution in [3.8, 4) is 0 Å². The van der Waals surface area contributed by atoms with Gasteiger partial charge in [0.2, 0.25) is 10.0 Å². The van der Waals surface area contributed by atoms with Crippen molar-refractivity contribution in [3.63, 3.8) is 0 Å². The highest BCUT2D eigenvalue weighted by Gasteiger charge is 2.38. The lowest BCUT2D eigenvalue weighted by Gasteiger charge is -2.20. The van der Waals surface area contributed by atoms with Gasteiger partial charge in [-0.25, -0.2) is 8.42 Å². The summed E-state index contributed by atoms with van der Waals surface area (Å²) in [7, 11) is -3.41. The standard InChI is InChI=1S/C13H14ClNO2S3/c14-6-12-5-13(9-19-12)20(16,17)15(11-1-2-11)7-10-3-4-18-8-10/h3-5,8-9,11H,1-2,6-7H2. The predicted octanol–water partition coefficient (Wildman–Crippen LogP) is 3.90. The van der Waals surface area contributed by atoms with Crippen molar-refractivity contribution >= 4 is 44.3 Å². The van der Waals surface area contributed by atoms with Crippen LogP contribution in [0, 0.1) is 0 Å². The Hall–Kier alpha value is -0.400. The van der Waals surface area contributed by atoms with E-state index in [0.29, 0.717) is 17.3 Å². The van der Waals surface area contributed by atoms with E-state index < -0.39 is 10.0 Å². The highest BCUT2D eigenvalue weighted by atomic mass is 35.5. The molecule has 0 atom stereocenters. The third kappa shape index (κ3) is 2.94. The van der Waals surface area contributed by atoms with Gasteiger partial charge in [-0.05, 0) is 41.3 Å². The second-order valence-corrected chi connectivity index (χ2v) is 8.73. The third-order valence-corrected chi connectivity index (χ3v) is 7.38. The minimum Gasteiger partial charge on any atom is -0.207 e. The van der Waals surface area contributed by atoms with E-state index in [1.165, 1.54) is 11.3 Å². The fourth-order valence-corrected chi connectivity index (χ4v) is 5.75. The Balaban J connectivity index is 1.89. The third-order valence-electron chi connectivity index (χ3n) is 3.24. The fourth-order valence-electron chi connectivity index (χ4n) is 2.04. The summed E-state index contributed by atoms with van der Waals surface area (Å²) in [5.74, 6) is 0.355. The zero-order valence-electron chi connectivity index (χ0n) is 10.7. The molecular weight excluding hydrogens is 334 g/mol. The SMILES string of the molecule is O=S(=O)(c1csc(CCl)c1)N(Cc1ccsc1)C1CC1. The Morgan fingerprint density at radius 2 is 2.15 bits per heavy atom. The molecule has 0 aliphatic heterocycles. The lowest BCUT2D eigenvalue weighted by molar-refractivity contribution is 0.399. The van der Waals surface area contributed by atoms with Crippen molar-refractivity contribution in [1.82, 2.24) is 4.31 Å². The summed E-state index contributed by atoms with van der Waals surface area (Å²) in [6.07, 6.45) is 1.91. The Labute approximate surface area is 131 Å². The number of hydrogen-bond acceptors (Lipinski definition) is 4. The van der Waals surface area contributed by atoms with Gasteiger partial charge in [-0.2, -0.15) is 15.6 Å². The largest absolute Gasteiger partial charge is 0.244 e. The molecule has 0 amide bonds. The van der Waals surface area contributed by atoms with Crippen LogP contribution in [0.1, 0.15) is 23.3 Å². The molecule has 3 rings (SSSR count). The maximum Gasteiger partial charge on any atom is 0.244 e. The van der Waals surface area contributed by atoms with Crippen molar-refractivity contribution in [3.05, 3.63) is 38.7 Å². The van der Waals surface area contributed by atoms with Crippen LogP contribution in [0.15, 0.2) is 33.2 Å². The molecule has 3 nitrogen and oxygen atoms in total. The van der Waals surface area contributed by atoms with E-state index in [0.717, 1.165) is 23.3 Å². The molecule has 7 heteroatoms. The van der Waals surface area contributed by atoms with Crippen molar-refractivity contribution < 1.29 is 8.42 Å². The van der Waals surface area contributed by atoms with E-state index in [9.17, 15) is 8.42 Å². The number of nitrogens with zero attached hydrogens (tertiary/aromatic N) is 1. The normalized spacial score (nSPS) is 15.9. The molecule has 0 radical (unpaired) electrons. The zero-order chi connectivity index (χ0) is 14.2. The molecule has 1 aliphatic carbocycles. The molecule has 1 saturated carbocycles. The maximum absolute atomic E-state index is 12.8. The van der Waals surface area contributed by atoms with Gasteiger partial charge in [-0.15, -0.1) is 22.9 Å². The molecule has 0 N–H and O–H groups in total. The van der Waals surface area contributed by atoms with Crippen LogP contribution in [0.5, 0.6) is 0 Å². The van der Waals surface area contributed by atoms with E-state index in [2.05, 4.69) is 0 Å². The Morgan fingerprint density at radius 3 is 2.70 bits per heavy atom. The molecule has 0 saturated heterocycles. The van der Waals surface area contributed by atoms with Gasteiger partial charge in [0.25, 0.3) is 0 Å². The Morgan fingerprint density at radius 1 is 1.35 bits per heavy atom. The van der Waals surface area contributed by atoms with Crippen molar-refractivity contribution in [2.24, 2.45) is 0 Å². The fraction of sp³-hybridized carbons (Fsp3) is 0.385. The minimum atomic E-state index is -3.41. The first-order chi connectivity index (χ1) is 9.61. The van der Waals surface area contributed by atoms with Crippen LogP contribution in [0.4, 0.5) is 0 Å². The maximum atomic E-state index is 12.8. The van der Waals surface area contributed by atoms with Crippen LogP contribution in [0.3, 0.4) is 0 Å². The molecule has 108 valence electrons. The number of thiophene rings is 2. The van der Waals surface area contributed by atoms with Gasteiger partial charge in [0, 0.05) is 22.8 Å². The average molecular weight is 348 g/mol. The first-order valence-electron chi connectivity index (χ1n) is 6.27. The molecule has 0 unspecified atom stereocenters. The Kier molecular flexibility index (Phi) is 4.19. The van der Waals surface area contributed by atoms with Gasteiger partial charge in [-0.3, -0.25) is 0 Å². The predicted molar refractivity (Wildman–Crippen MR) is 83.9 cm³/mol. The van der Waals surface area contributed by atoms with E-state index >= 15 is 0 Å². The number of rotatable bonds is 6. The van der Waals surface area contributed by atoms with Gasteiger partial charge in [-0.1, -0.05) is 0 Å². The summed E-state index contributed by atoms with van der Waals surface area (Å²) in [5, 5.41) is 5.67. The molecule has 0 aromatic carbocycles. The molecule has 2 aromatic rings. The lowest BCUT2D eigenvalue weighted by atomic mass is 10.3. The first kappa shape index (κ1) is 14.5. The van der Waals surface area contributed by atoms with Crippen LogP contribution in [-0.4, -0.2) is 18.8 Å².